The van der Waals surface area contributed by atoms with Gasteiger partial charge in [-0.25, -0.2) is 8.42 Å². The van der Waals surface area contributed by atoms with Crippen molar-refractivity contribution in [2.45, 2.75) is 17.9 Å². The number of benzene rings is 2. The molecule has 0 aromatic heterocycles. The van der Waals surface area contributed by atoms with Gasteiger partial charge in [0.05, 0.1) is 16.7 Å². The van der Waals surface area contributed by atoms with Crippen molar-refractivity contribution in [1.82, 2.24) is 0 Å². The first-order valence-electron chi connectivity index (χ1n) is 6.06. The summed E-state index contributed by atoms with van der Waals surface area (Å²) in [4.78, 5) is 0.101. The Morgan fingerprint density at radius 2 is 1.67 bits per heavy atom. The molecule has 1 atom stereocenters. The SMILES string of the molecule is CC(O)c1cccc(S(=O)(=O)Nc2c(Br)cccc2Br)c1. The van der Waals surface area contributed by atoms with Crippen LogP contribution in [0.2, 0.25) is 0 Å². The molecular weight excluding hydrogens is 422 g/mol. The zero-order valence-electron chi connectivity index (χ0n) is 11.0. The van der Waals surface area contributed by atoms with Crippen LogP contribution < -0.4 is 4.72 Å². The maximum Gasteiger partial charge on any atom is 0.261 e. The van der Waals surface area contributed by atoms with Crippen LogP contribution in [0.3, 0.4) is 0 Å². The van der Waals surface area contributed by atoms with E-state index in [2.05, 4.69) is 36.6 Å². The summed E-state index contributed by atoms with van der Waals surface area (Å²) in [6.45, 7) is 1.59. The number of rotatable bonds is 4. The molecule has 1 unspecified atom stereocenters. The summed E-state index contributed by atoms with van der Waals surface area (Å²) in [6, 6.07) is 11.5. The summed E-state index contributed by atoms with van der Waals surface area (Å²) in [5.74, 6) is 0. The summed E-state index contributed by atoms with van der Waals surface area (Å²) in [6.07, 6.45) is -0.727. The fourth-order valence-electron chi connectivity index (χ4n) is 1.73. The quantitative estimate of drug-likeness (QED) is 0.762. The maximum atomic E-state index is 12.4. The van der Waals surface area contributed by atoms with Crippen LogP contribution in [0.4, 0.5) is 5.69 Å². The van der Waals surface area contributed by atoms with E-state index in [1.54, 1.807) is 37.3 Å². The molecule has 0 fully saturated rings. The van der Waals surface area contributed by atoms with E-state index in [-0.39, 0.29) is 4.90 Å². The smallest absolute Gasteiger partial charge is 0.261 e. The molecule has 112 valence electrons. The number of hydrogen-bond donors (Lipinski definition) is 2. The average Bonchev–Trinajstić information content (AvgIpc) is 2.43. The van der Waals surface area contributed by atoms with Gasteiger partial charge < -0.3 is 5.11 Å². The van der Waals surface area contributed by atoms with Crippen LogP contribution in [-0.2, 0) is 10.0 Å². The van der Waals surface area contributed by atoms with Gasteiger partial charge in [0.15, 0.2) is 0 Å². The lowest BCUT2D eigenvalue weighted by Crippen LogP contribution is -2.14. The van der Waals surface area contributed by atoms with E-state index >= 15 is 0 Å². The minimum absolute atomic E-state index is 0.101. The lowest BCUT2D eigenvalue weighted by molar-refractivity contribution is 0.199. The second-order valence-electron chi connectivity index (χ2n) is 4.45. The van der Waals surface area contributed by atoms with Crippen LogP contribution in [0.25, 0.3) is 0 Å². The Hall–Kier alpha value is -0.890. The largest absolute Gasteiger partial charge is 0.389 e. The van der Waals surface area contributed by atoms with Crippen molar-refractivity contribution in [2.24, 2.45) is 0 Å². The number of halogens is 2. The van der Waals surface area contributed by atoms with Crippen LogP contribution in [0.1, 0.15) is 18.6 Å². The van der Waals surface area contributed by atoms with E-state index in [0.717, 1.165) is 0 Å². The second kappa shape index (κ2) is 6.48. The highest BCUT2D eigenvalue weighted by atomic mass is 79.9. The first-order chi connectivity index (χ1) is 9.81. The molecular formula is C14H13Br2NO3S. The van der Waals surface area contributed by atoms with Crippen LogP contribution in [-0.4, -0.2) is 13.5 Å². The molecule has 2 aromatic carbocycles. The second-order valence-corrected chi connectivity index (χ2v) is 7.84. The van der Waals surface area contributed by atoms with E-state index in [1.165, 1.54) is 12.1 Å². The maximum absolute atomic E-state index is 12.4. The molecule has 0 saturated carbocycles. The summed E-state index contributed by atoms with van der Waals surface area (Å²) < 4.78 is 28.7. The number of aliphatic hydroxyl groups is 1. The monoisotopic (exact) mass is 433 g/mol. The summed E-state index contributed by atoms with van der Waals surface area (Å²) >= 11 is 6.63. The lowest BCUT2D eigenvalue weighted by atomic mass is 10.1. The predicted molar refractivity (Wildman–Crippen MR) is 89.7 cm³/mol. The van der Waals surface area contributed by atoms with Gasteiger partial charge in [-0.3, -0.25) is 4.72 Å². The molecule has 21 heavy (non-hydrogen) atoms. The molecule has 0 amide bonds. The fourth-order valence-corrected chi connectivity index (χ4v) is 4.34. The fraction of sp³-hybridized carbons (Fsp3) is 0.143. The molecule has 2 rings (SSSR count). The third kappa shape index (κ3) is 3.85. The van der Waals surface area contributed by atoms with Gasteiger partial charge in [-0.2, -0.15) is 0 Å². The van der Waals surface area contributed by atoms with Crippen molar-refractivity contribution in [3.05, 3.63) is 57.0 Å². The van der Waals surface area contributed by atoms with Gasteiger partial charge in [0.25, 0.3) is 10.0 Å². The predicted octanol–water partition coefficient (Wildman–Crippen LogP) is 4.07. The van der Waals surface area contributed by atoms with Crippen molar-refractivity contribution < 1.29 is 13.5 Å². The van der Waals surface area contributed by atoms with E-state index in [0.29, 0.717) is 20.2 Å². The van der Waals surface area contributed by atoms with Crippen molar-refractivity contribution in [3.8, 4) is 0 Å². The Balaban J connectivity index is 2.41. The molecule has 2 N–H and O–H groups in total. The standard InChI is InChI=1S/C14H13Br2NO3S/c1-9(18)10-4-2-5-11(8-10)21(19,20)17-14-12(15)6-3-7-13(14)16/h2-9,17-18H,1H3. The summed E-state index contributed by atoms with van der Waals surface area (Å²) in [5, 5.41) is 9.56. The Bertz CT molecular complexity index is 740. The van der Waals surface area contributed by atoms with E-state index in [9.17, 15) is 13.5 Å². The van der Waals surface area contributed by atoms with Crippen molar-refractivity contribution in [2.75, 3.05) is 4.72 Å². The van der Waals surface area contributed by atoms with Crippen molar-refractivity contribution in [1.29, 1.82) is 0 Å². The number of aliphatic hydroxyl groups excluding tert-OH is 1. The van der Waals surface area contributed by atoms with Gasteiger partial charge in [0.1, 0.15) is 0 Å². The summed E-state index contributed by atoms with van der Waals surface area (Å²) in [7, 11) is -3.74. The van der Waals surface area contributed by atoms with Crippen LogP contribution in [0, 0.1) is 0 Å². The Morgan fingerprint density at radius 1 is 1.10 bits per heavy atom. The van der Waals surface area contributed by atoms with Gasteiger partial charge in [-0.05, 0) is 68.6 Å². The normalized spacial score (nSPS) is 13.0. The molecule has 0 saturated heterocycles. The van der Waals surface area contributed by atoms with Gasteiger partial charge in [0, 0.05) is 8.95 Å². The van der Waals surface area contributed by atoms with Gasteiger partial charge >= 0.3 is 0 Å². The van der Waals surface area contributed by atoms with E-state index in [1.807, 2.05) is 0 Å². The topological polar surface area (TPSA) is 66.4 Å². The zero-order chi connectivity index (χ0) is 15.6. The molecule has 0 aliphatic carbocycles. The third-order valence-electron chi connectivity index (χ3n) is 2.85. The Morgan fingerprint density at radius 3 is 2.24 bits per heavy atom. The lowest BCUT2D eigenvalue weighted by Gasteiger charge is -2.13. The van der Waals surface area contributed by atoms with Gasteiger partial charge in [-0.15, -0.1) is 0 Å². The van der Waals surface area contributed by atoms with Crippen LogP contribution in [0.15, 0.2) is 56.3 Å². The molecule has 7 heteroatoms. The third-order valence-corrected chi connectivity index (χ3v) is 5.52. The molecule has 0 aliphatic heterocycles. The number of nitrogens with one attached hydrogen (secondary N) is 1. The van der Waals surface area contributed by atoms with Crippen molar-refractivity contribution >= 4 is 47.6 Å². The molecule has 0 radical (unpaired) electrons. The minimum Gasteiger partial charge on any atom is -0.389 e. The van der Waals surface area contributed by atoms with Crippen molar-refractivity contribution in [3.63, 3.8) is 0 Å². The Labute approximate surface area is 140 Å². The van der Waals surface area contributed by atoms with E-state index in [4.69, 9.17) is 0 Å². The molecule has 4 nitrogen and oxygen atoms in total. The van der Waals surface area contributed by atoms with E-state index < -0.39 is 16.1 Å². The molecule has 2 aromatic rings. The highest BCUT2D eigenvalue weighted by Crippen LogP contribution is 2.32. The zero-order valence-corrected chi connectivity index (χ0v) is 15.0. The summed E-state index contributed by atoms with van der Waals surface area (Å²) in [5.41, 5.74) is 0.976. The molecule has 0 spiro atoms. The number of anilines is 1. The van der Waals surface area contributed by atoms with Gasteiger partial charge in [-0.1, -0.05) is 18.2 Å². The minimum atomic E-state index is -3.74. The van der Waals surface area contributed by atoms with Crippen LogP contribution in [0.5, 0.6) is 0 Å². The van der Waals surface area contributed by atoms with Gasteiger partial charge in [0.2, 0.25) is 0 Å². The number of sulfonamides is 1. The average molecular weight is 435 g/mol. The molecule has 0 bridgehead atoms. The highest BCUT2D eigenvalue weighted by molar-refractivity contribution is 9.11. The number of hydrogen-bond acceptors (Lipinski definition) is 3. The Kier molecular flexibility index (Phi) is 5.08. The van der Waals surface area contributed by atoms with Crippen LogP contribution >= 0.6 is 31.9 Å². The first-order valence-corrected chi connectivity index (χ1v) is 9.13. The first kappa shape index (κ1) is 16.5. The molecule has 0 aliphatic rings. The highest BCUT2D eigenvalue weighted by Gasteiger charge is 2.18. The molecule has 0 heterocycles. The number of para-hydroxylation sites is 1.